The molecule has 0 bridgehead atoms. The molecule has 39 heavy (non-hydrogen) atoms. The van der Waals surface area contributed by atoms with E-state index in [9.17, 15) is 4.79 Å². The van der Waals surface area contributed by atoms with E-state index in [0.29, 0.717) is 26.1 Å². The number of halogens is 2. The van der Waals surface area contributed by atoms with Crippen LogP contribution in [0, 0.1) is 11.8 Å². The van der Waals surface area contributed by atoms with Crippen LogP contribution in [0.25, 0.3) is 0 Å². The monoisotopic (exact) mass is 550 g/mol. The SMILES string of the molecule is CN(C)CCCOc1ccccc1CC(=O)N1C[C@@H]2[C@H](F)CCC(c3ccccc3)(c3ccccc3)[C@@H]2C1.Cl. The highest BCUT2D eigenvalue weighted by atomic mass is 35.5. The van der Waals surface area contributed by atoms with E-state index >= 15 is 4.39 Å². The summed E-state index contributed by atoms with van der Waals surface area (Å²) in [5, 5.41) is 0. The molecule has 2 fully saturated rings. The molecule has 2 aliphatic rings. The minimum Gasteiger partial charge on any atom is -0.493 e. The Hall–Kier alpha value is -2.89. The van der Waals surface area contributed by atoms with Crippen molar-refractivity contribution in [1.82, 2.24) is 9.80 Å². The van der Waals surface area contributed by atoms with Crippen LogP contribution in [0.15, 0.2) is 84.9 Å². The van der Waals surface area contributed by atoms with E-state index in [-0.39, 0.29) is 42.0 Å². The number of nitrogens with zero attached hydrogens (tertiary/aromatic N) is 2. The highest BCUT2D eigenvalue weighted by Gasteiger charge is 2.55. The fraction of sp³-hybridized carbons (Fsp3) is 0.424. The second-order valence-corrected chi connectivity index (χ2v) is 11.1. The number of benzene rings is 3. The standard InChI is InChI=1S/C33H39FN2O2.ClH/c1-35(2)20-11-21-38-31-17-10-9-12-25(31)22-32(37)36-23-28-29(24-36)33(19-18-30(28)34,26-13-5-3-6-14-26)27-15-7-4-8-16-27;/h3-10,12-17,28-30H,11,18-24H2,1-2H3;1H/t28-,29+,30+;/m0./s1. The number of hydrogen-bond donors (Lipinski definition) is 0. The van der Waals surface area contributed by atoms with Crippen LogP contribution in [0.4, 0.5) is 4.39 Å². The quantitative estimate of drug-likeness (QED) is 0.298. The third-order valence-electron chi connectivity index (χ3n) is 8.53. The maximum Gasteiger partial charge on any atom is 0.227 e. The molecule has 0 aromatic heterocycles. The smallest absolute Gasteiger partial charge is 0.227 e. The van der Waals surface area contributed by atoms with Crippen molar-refractivity contribution in [3.8, 4) is 5.75 Å². The van der Waals surface area contributed by atoms with Gasteiger partial charge in [0.05, 0.1) is 13.0 Å². The molecule has 0 spiro atoms. The number of alkyl halides is 1. The van der Waals surface area contributed by atoms with Crippen molar-refractivity contribution < 1.29 is 13.9 Å². The summed E-state index contributed by atoms with van der Waals surface area (Å²) in [6, 6.07) is 28.9. The van der Waals surface area contributed by atoms with Gasteiger partial charge in [-0.1, -0.05) is 78.9 Å². The second-order valence-electron chi connectivity index (χ2n) is 11.1. The normalized spacial score (nSPS) is 21.7. The Balaban J connectivity index is 0.00000353. The molecule has 6 heteroatoms. The maximum atomic E-state index is 15.5. The van der Waals surface area contributed by atoms with Crippen LogP contribution in [-0.2, 0) is 16.6 Å². The summed E-state index contributed by atoms with van der Waals surface area (Å²) in [5.41, 5.74) is 3.03. The van der Waals surface area contributed by atoms with Crippen LogP contribution in [-0.4, -0.2) is 62.2 Å². The lowest BCUT2D eigenvalue weighted by Crippen LogP contribution is -2.47. The number of likely N-dealkylation sites (tertiary alicyclic amines) is 1. The van der Waals surface area contributed by atoms with Crippen LogP contribution in [0.1, 0.15) is 36.0 Å². The first-order valence-electron chi connectivity index (χ1n) is 13.9. The van der Waals surface area contributed by atoms with Crippen molar-refractivity contribution in [2.75, 3.05) is 40.3 Å². The van der Waals surface area contributed by atoms with Crippen molar-refractivity contribution in [2.24, 2.45) is 11.8 Å². The fourth-order valence-corrected chi connectivity index (χ4v) is 6.67. The van der Waals surface area contributed by atoms with Gasteiger partial charge in [0.25, 0.3) is 0 Å². The Morgan fingerprint density at radius 3 is 2.21 bits per heavy atom. The average Bonchev–Trinajstić information content (AvgIpc) is 3.41. The Bertz CT molecular complexity index is 1170. The topological polar surface area (TPSA) is 32.8 Å². The number of ether oxygens (including phenoxy) is 1. The predicted octanol–water partition coefficient (Wildman–Crippen LogP) is 6.17. The summed E-state index contributed by atoms with van der Waals surface area (Å²) in [6.07, 6.45) is 1.55. The summed E-state index contributed by atoms with van der Waals surface area (Å²) < 4.78 is 21.6. The largest absolute Gasteiger partial charge is 0.493 e. The van der Waals surface area contributed by atoms with E-state index in [0.717, 1.165) is 30.7 Å². The van der Waals surface area contributed by atoms with Crippen LogP contribution < -0.4 is 4.74 Å². The predicted molar refractivity (Wildman–Crippen MR) is 157 cm³/mol. The molecule has 0 unspecified atom stereocenters. The molecule has 3 aromatic carbocycles. The number of amides is 1. The molecule has 1 heterocycles. The first kappa shape index (κ1) is 29.1. The number of para-hydroxylation sites is 1. The third kappa shape index (κ3) is 6.15. The fourth-order valence-electron chi connectivity index (χ4n) is 6.67. The molecule has 4 nitrogen and oxygen atoms in total. The van der Waals surface area contributed by atoms with Gasteiger partial charge in [0.2, 0.25) is 5.91 Å². The first-order valence-corrected chi connectivity index (χ1v) is 13.9. The molecular weight excluding hydrogens is 511 g/mol. The van der Waals surface area contributed by atoms with Gasteiger partial charge >= 0.3 is 0 Å². The minimum atomic E-state index is -0.898. The van der Waals surface area contributed by atoms with Crippen LogP contribution >= 0.6 is 12.4 Å². The van der Waals surface area contributed by atoms with Gasteiger partial charge in [-0.25, -0.2) is 4.39 Å². The maximum absolute atomic E-state index is 15.5. The Kier molecular flexibility index (Phi) is 9.68. The summed E-state index contributed by atoms with van der Waals surface area (Å²) in [4.78, 5) is 17.7. The van der Waals surface area contributed by atoms with Gasteiger partial charge in [-0.05, 0) is 56.5 Å². The molecule has 1 saturated carbocycles. The van der Waals surface area contributed by atoms with Crippen LogP contribution in [0.2, 0.25) is 0 Å². The molecule has 0 N–H and O–H groups in total. The third-order valence-corrected chi connectivity index (χ3v) is 8.53. The molecule has 5 rings (SSSR count). The zero-order valence-corrected chi connectivity index (χ0v) is 23.8. The molecular formula is C33H40ClFN2O2. The number of carbonyl (C=O) groups is 1. The highest BCUT2D eigenvalue weighted by molar-refractivity contribution is 5.85. The Morgan fingerprint density at radius 1 is 0.949 bits per heavy atom. The van der Waals surface area contributed by atoms with Crippen molar-refractivity contribution in [1.29, 1.82) is 0 Å². The highest BCUT2D eigenvalue weighted by Crippen LogP contribution is 2.54. The Labute approximate surface area is 238 Å². The van der Waals surface area contributed by atoms with Gasteiger partial charge in [0, 0.05) is 36.5 Å². The molecule has 0 radical (unpaired) electrons. The molecule has 1 saturated heterocycles. The van der Waals surface area contributed by atoms with E-state index < -0.39 is 6.17 Å². The molecule has 1 aliphatic heterocycles. The van der Waals surface area contributed by atoms with Gasteiger partial charge in [-0.15, -0.1) is 12.4 Å². The summed E-state index contributed by atoms with van der Waals surface area (Å²) in [5.74, 6) is 0.664. The van der Waals surface area contributed by atoms with Gasteiger partial charge < -0.3 is 14.5 Å². The van der Waals surface area contributed by atoms with Crippen molar-refractivity contribution >= 4 is 18.3 Å². The number of rotatable bonds is 9. The zero-order chi connectivity index (χ0) is 26.5. The summed E-state index contributed by atoms with van der Waals surface area (Å²) in [7, 11) is 4.10. The molecule has 1 amide bonds. The van der Waals surface area contributed by atoms with Crippen LogP contribution in [0.3, 0.4) is 0 Å². The van der Waals surface area contributed by atoms with Crippen molar-refractivity contribution in [3.63, 3.8) is 0 Å². The lowest BCUT2D eigenvalue weighted by molar-refractivity contribution is -0.129. The lowest BCUT2D eigenvalue weighted by Gasteiger charge is -2.47. The Morgan fingerprint density at radius 2 is 1.56 bits per heavy atom. The number of fused-ring (bicyclic) bond motifs is 1. The zero-order valence-electron chi connectivity index (χ0n) is 23.0. The van der Waals surface area contributed by atoms with E-state index in [1.54, 1.807) is 0 Å². The molecule has 1 aliphatic carbocycles. The van der Waals surface area contributed by atoms with Crippen molar-refractivity contribution in [2.45, 2.75) is 37.3 Å². The van der Waals surface area contributed by atoms with Gasteiger partial charge in [-0.2, -0.15) is 0 Å². The average molecular weight is 551 g/mol. The van der Waals surface area contributed by atoms with E-state index in [4.69, 9.17) is 4.74 Å². The molecule has 208 valence electrons. The molecule has 3 aromatic rings. The lowest BCUT2D eigenvalue weighted by atomic mass is 9.56. The van der Waals surface area contributed by atoms with E-state index in [2.05, 4.69) is 53.4 Å². The van der Waals surface area contributed by atoms with Gasteiger partial charge in [0.1, 0.15) is 11.9 Å². The number of carbonyl (C=O) groups excluding carboxylic acids is 1. The second kappa shape index (κ2) is 13.0. The van der Waals surface area contributed by atoms with Gasteiger partial charge in [0.15, 0.2) is 0 Å². The van der Waals surface area contributed by atoms with E-state index in [1.807, 2.05) is 55.4 Å². The minimum absolute atomic E-state index is 0. The number of hydrogen-bond acceptors (Lipinski definition) is 3. The van der Waals surface area contributed by atoms with Gasteiger partial charge in [-0.3, -0.25) is 4.79 Å². The van der Waals surface area contributed by atoms with E-state index in [1.165, 1.54) is 11.1 Å². The van der Waals surface area contributed by atoms with Crippen LogP contribution in [0.5, 0.6) is 5.75 Å². The first-order chi connectivity index (χ1) is 18.5. The van der Waals surface area contributed by atoms with Crippen molar-refractivity contribution in [3.05, 3.63) is 102 Å². The molecule has 3 atom stereocenters. The summed E-state index contributed by atoms with van der Waals surface area (Å²) >= 11 is 0. The summed E-state index contributed by atoms with van der Waals surface area (Å²) in [6.45, 7) is 2.60.